The number of hydrogen-bond donors (Lipinski definition) is 0. The molecule has 27 heavy (non-hydrogen) atoms. The first kappa shape index (κ1) is 18.4. The highest BCUT2D eigenvalue weighted by Gasteiger charge is 2.20. The largest absolute Gasteiger partial charge is 0.346 e. The molecular weight excluding hydrogens is 358 g/mol. The second-order valence-corrected chi connectivity index (χ2v) is 8.17. The Kier molecular flexibility index (Phi) is 5.69. The lowest BCUT2D eigenvalue weighted by molar-refractivity contribution is 0.0793. The van der Waals surface area contributed by atoms with Crippen molar-refractivity contribution in [3.05, 3.63) is 41.2 Å². The Labute approximate surface area is 165 Å². The normalized spacial score (nSPS) is 18.7. The van der Waals surface area contributed by atoms with E-state index in [0.717, 1.165) is 81.6 Å². The summed E-state index contributed by atoms with van der Waals surface area (Å²) in [6, 6.07) is 8.20. The molecule has 0 N–H and O–H groups in total. The molecule has 2 fully saturated rings. The lowest BCUT2D eigenvalue weighted by atomic mass is 10.1. The number of nitrogens with zero attached hydrogens (tertiary/aromatic N) is 5. The molecule has 0 spiro atoms. The molecular formula is C20H27N5OS. The van der Waals surface area contributed by atoms with E-state index < -0.39 is 0 Å². The zero-order chi connectivity index (χ0) is 18.6. The molecule has 3 heterocycles. The molecule has 6 nitrogen and oxygen atoms in total. The smallest absolute Gasteiger partial charge is 0.253 e. The monoisotopic (exact) mass is 385 g/mol. The van der Waals surface area contributed by atoms with Crippen molar-refractivity contribution in [3.63, 3.8) is 0 Å². The van der Waals surface area contributed by atoms with Crippen LogP contribution in [-0.2, 0) is 6.54 Å². The summed E-state index contributed by atoms with van der Waals surface area (Å²) in [5.41, 5.74) is 2.09. The van der Waals surface area contributed by atoms with Crippen molar-refractivity contribution in [1.29, 1.82) is 0 Å². The van der Waals surface area contributed by atoms with Crippen molar-refractivity contribution in [2.75, 3.05) is 44.2 Å². The molecule has 7 heteroatoms. The summed E-state index contributed by atoms with van der Waals surface area (Å²) in [5.74, 6) is 1.04. The van der Waals surface area contributed by atoms with Gasteiger partial charge in [0.15, 0.2) is 0 Å². The summed E-state index contributed by atoms with van der Waals surface area (Å²) < 4.78 is 4.30. The SMILES string of the molecule is Cc1nsc(N2CCCN(Cc3ccc(C(=O)N4CCCC4)cc3)CC2)n1. The number of benzene rings is 1. The fourth-order valence-electron chi connectivity index (χ4n) is 3.85. The summed E-state index contributed by atoms with van der Waals surface area (Å²) in [7, 11) is 0. The summed E-state index contributed by atoms with van der Waals surface area (Å²) >= 11 is 1.50. The van der Waals surface area contributed by atoms with Crippen LogP contribution in [-0.4, -0.2) is 64.3 Å². The minimum absolute atomic E-state index is 0.178. The number of rotatable bonds is 4. The molecule has 0 atom stereocenters. The molecule has 2 aliphatic heterocycles. The van der Waals surface area contributed by atoms with E-state index in [1.54, 1.807) is 0 Å². The van der Waals surface area contributed by atoms with E-state index >= 15 is 0 Å². The van der Waals surface area contributed by atoms with Gasteiger partial charge < -0.3 is 9.80 Å². The van der Waals surface area contributed by atoms with Gasteiger partial charge in [-0.3, -0.25) is 9.69 Å². The maximum absolute atomic E-state index is 12.5. The standard InChI is InChI=1S/C20H27N5OS/c1-16-21-20(27-22-16)25-12-4-9-23(13-14-25)15-17-5-7-18(8-6-17)19(26)24-10-2-3-11-24/h5-8H,2-4,9-15H2,1H3. The number of amides is 1. The van der Waals surface area contributed by atoms with Gasteiger partial charge in [-0.15, -0.1) is 0 Å². The summed E-state index contributed by atoms with van der Waals surface area (Å²) in [5, 5.41) is 1.04. The third kappa shape index (κ3) is 4.47. The molecule has 2 aromatic rings. The molecule has 1 aromatic heterocycles. The number of hydrogen-bond acceptors (Lipinski definition) is 6. The van der Waals surface area contributed by atoms with Crippen molar-refractivity contribution in [3.8, 4) is 0 Å². The third-order valence-electron chi connectivity index (χ3n) is 5.38. The molecule has 1 aromatic carbocycles. The van der Waals surface area contributed by atoms with Crippen LogP contribution in [0.15, 0.2) is 24.3 Å². The van der Waals surface area contributed by atoms with Crippen LogP contribution in [0.1, 0.15) is 41.0 Å². The fraction of sp³-hybridized carbons (Fsp3) is 0.550. The van der Waals surface area contributed by atoms with Crippen molar-refractivity contribution in [2.45, 2.75) is 32.7 Å². The molecule has 0 radical (unpaired) electrons. The molecule has 0 saturated carbocycles. The lowest BCUT2D eigenvalue weighted by Gasteiger charge is -2.21. The molecule has 0 aliphatic carbocycles. The molecule has 1 amide bonds. The lowest BCUT2D eigenvalue weighted by Crippen LogP contribution is -2.30. The Morgan fingerprint density at radius 1 is 1.00 bits per heavy atom. The van der Waals surface area contributed by atoms with Gasteiger partial charge in [0.25, 0.3) is 5.91 Å². The van der Waals surface area contributed by atoms with Gasteiger partial charge in [-0.25, -0.2) is 4.98 Å². The fourth-order valence-corrected chi connectivity index (χ4v) is 4.57. The van der Waals surface area contributed by atoms with Crippen LogP contribution >= 0.6 is 11.5 Å². The van der Waals surface area contributed by atoms with Gasteiger partial charge in [-0.05, 0) is 43.9 Å². The van der Waals surface area contributed by atoms with Crippen LogP contribution in [0, 0.1) is 6.92 Å². The number of aromatic nitrogens is 2. The van der Waals surface area contributed by atoms with Crippen LogP contribution in [0.5, 0.6) is 0 Å². The van der Waals surface area contributed by atoms with Gasteiger partial charge in [0.05, 0.1) is 0 Å². The van der Waals surface area contributed by atoms with E-state index in [4.69, 9.17) is 0 Å². The highest BCUT2D eigenvalue weighted by Crippen LogP contribution is 2.20. The van der Waals surface area contributed by atoms with Crippen molar-refractivity contribution < 1.29 is 4.79 Å². The van der Waals surface area contributed by atoms with Crippen LogP contribution in [0.3, 0.4) is 0 Å². The van der Waals surface area contributed by atoms with Gasteiger partial charge in [-0.1, -0.05) is 12.1 Å². The van der Waals surface area contributed by atoms with Crippen LogP contribution in [0.2, 0.25) is 0 Å². The second kappa shape index (κ2) is 8.35. The van der Waals surface area contributed by atoms with Crippen molar-refractivity contribution >= 4 is 22.6 Å². The molecule has 2 saturated heterocycles. The average Bonchev–Trinajstić information content (AvgIpc) is 3.31. The van der Waals surface area contributed by atoms with Crippen molar-refractivity contribution in [2.24, 2.45) is 0 Å². The topological polar surface area (TPSA) is 52.6 Å². The molecule has 2 aliphatic rings. The van der Waals surface area contributed by atoms with E-state index in [-0.39, 0.29) is 5.91 Å². The van der Waals surface area contributed by atoms with Gasteiger partial charge in [0.2, 0.25) is 5.13 Å². The maximum Gasteiger partial charge on any atom is 0.253 e. The first-order valence-electron chi connectivity index (χ1n) is 9.85. The number of anilines is 1. The van der Waals surface area contributed by atoms with Gasteiger partial charge >= 0.3 is 0 Å². The van der Waals surface area contributed by atoms with Crippen LogP contribution in [0.4, 0.5) is 5.13 Å². The quantitative estimate of drug-likeness (QED) is 0.810. The van der Waals surface area contributed by atoms with E-state index in [1.807, 2.05) is 24.0 Å². The average molecular weight is 386 g/mol. The van der Waals surface area contributed by atoms with Gasteiger partial charge in [0, 0.05) is 62.9 Å². The Morgan fingerprint density at radius 3 is 2.48 bits per heavy atom. The molecule has 4 rings (SSSR count). The summed E-state index contributed by atoms with van der Waals surface area (Å²) in [6.45, 7) is 8.81. The molecule has 0 unspecified atom stereocenters. The number of carbonyl (C=O) groups excluding carboxylic acids is 1. The number of aryl methyl sites for hydroxylation is 1. The minimum atomic E-state index is 0.178. The Balaban J connectivity index is 1.33. The minimum Gasteiger partial charge on any atom is -0.346 e. The van der Waals surface area contributed by atoms with E-state index in [1.165, 1.54) is 17.1 Å². The van der Waals surface area contributed by atoms with Gasteiger partial charge in [0.1, 0.15) is 5.82 Å². The maximum atomic E-state index is 12.5. The van der Waals surface area contributed by atoms with Crippen LogP contribution in [0.25, 0.3) is 0 Å². The Bertz CT molecular complexity index is 769. The predicted octanol–water partition coefficient (Wildman–Crippen LogP) is 2.79. The number of likely N-dealkylation sites (tertiary alicyclic amines) is 1. The second-order valence-electron chi connectivity index (χ2n) is 7.44. The highest BCUT2D eigenvalue weighted by molar-refractivity contribution is 7.09. The summed E-state index contributed by atoms with van der Waals surface area (Å²) in [6.07, 6.45) is 3.39. The molecule has 144 valence electrons. The number of carbonyl (C=O) groups is 1. The van der Waals surface area contributed by atoms with Gasteiger partial charge in [-0.2, -0.15) is 4.37 Å². The molecule has 0 bridgehead atoms. The highest BCUT2D eigenvalue weighted by atomic mass is 32.1. The predicted molar refractivity (Wildman–Crippen MR) is 108 cm³/mol. The van der Waals surface area contributed by atoms with E-state index in [2.05, 4.69) is 31.3 Å². The van der Waals surface area contributed by atoms with Crippen molar-refractivity contribution in [1.82, 2.24) is 19.2 Å². The zero-order valence-electron chi connectivity index (χ0n) is 15.9. The third-order valence-corrected chi connectivity index (χ3v) is 6.24. The Morgan fingerprint density at radius 2 is 1.78 bits per heavy atom. The first-order valence-corrected chi connectivity index (χ1v) is 10.6. The van der Waals surface area contributed by atoms with E-state index in [0.29, 0.717) is 0 Å². The Hall–Kier alpha value is -1.99. The van der Waals surface area contributed by atoms with Crippen LogP contribution < -0.4 is 4.90 Å². The van der Waals surface area contributed by atoms with E-state index in [9.17, 15) is 4.79 Å². The zero-order valence-corrected chi connectivity index (χ0v) is 16.7. The summed E-state index contributed by atoms with van der Waals surface area (Å²) in [4.78, 5) is 23.8. The first-order chi connectivity index (χ1) is 13.2.